The SMILES string of the molecule is CC(NC(=O)C1CCCN(C(=O)c2ccc(Cl)cc2)C1)c1ccc(NC(=O)C2CC2)cc1. The minimum atomic E-state index is -0.237. The monoisotopic (exact) mass is 453 g/mol. The molecule has 2 aromatic carbocycles. The third-order valence-electron chi connectivity index (χ3n) is 6.16. The molecule has 0 spiro atoms. The number of rotatable bonds is 6. The molecule has 2 aromatic rings. The van der Waals surface area contributed by atoms with Crippen molar-refractivity contribution in [3.8, 4) is 0 Å². The molecule has 0 bridgehead atoms. The third-order valence-corrected chi connectivity index (χ3v) is 6.41. The number of hydrogen-bond donors (Lipinski definition) is 2. The van der Waals surface area contributed by atoms with E-state index in [4.69, 9.17) is 11.6 Å². The summed E-state index contributed by atoms with van der Waals surface area (Å²) in [6, 6.07) is 14.2. The van der Waals surface area contributed by atoms with Gasteiger partial charge in [-0.2, -0.15) is 0 Å². The molecule has 2 atom stereocenters. The van der Waals surface area contributed by atoms with Crippen LogP contribution in [0.5, 0.6) is 0 Å². The number of carbonyl (C=O) groups excluding carboxylic acids is 3. The fraction of sp³-hybridized carbons (Fsp3) is 0.400. The smallest absolute Gasteiger partial charge is 0.253 e. The maximum absolute atomic E-state index is 12.9. The lowest BCUT2D eigenvalue weighted by Crippen LogP contribution is -2.45. The van der Waals surface area contributed by atoms with Gasteiger partial charge in [0, 0.05) is 35.3 Å². The summed E-state index contributed by atoms with van der Waals surface area (Å²) in [5.41, 5.74) is 2.32. The Morgan fingerprint density at radius 2 is 1.62 bits per heavy atom. The van der Waals surface area contributed by atoms with Crippen LogP contribution >= 0.6 is 11.6 Å². The Balaban J connectivity index is 1.31. The van der Waals surface area contributed by atoms with Crippen molar-refractivity contribution in [3.63, 3.8) is 0 Å². The number of piperidine rings is 1. The van der Waals surface area contributed by atoms with Crippen LogP contribution in [0.1, 0.15) is 54.6 Å². The number of hydrogen-bond acceptors (Lipinski definition) is 3. The van der Waals surface area contributed by atoms with E-state index in [1.165, 1.54) is 0 Å². The fourth-order valence-corrected chi connectivity index (χ4v) is 4.14. The third kappa shape index (κ3) is 5.49. The minimum absolute atomic E-state index is 0.0442. The largest absolute Gasteiger partial charge is 0.349 e. The van der Waals surface area contributed by atoms with Crippen LogP contribution in [0.15, 0.2) is 48.5 Å². The zero-order valence-corrected chi connectivity index (χ0v) is 18.9. The predicted octanol–water partition coefficient (Wildman–Crippen LogP) is 4.42. The van der Waals surface area contributed by atoms with Gasteiger partial charge in [0.2, 0.25) is 11.8 Å². The van der Waals surface area contributed by atoms with E-state index in [0.717, 1.165) is 36.9 Å². The molecule has 7 heteroatoms. The van der Waals surface area contributed by atoms with E-state index in [9.17, 15) is 14.4 Å². The molecule has 2 N–H and O–H groups in total. The highest BCUT2D eigenvalue weighted by Crippen LogP contribution is 2.30. The second-order valence-electron chi connectivity index (χ2n) is 8.71. The summed E-state index contributed by atoms with van der Waals surface area (Å²) in [7, 11) is 0. The molecule has 168 valence electrons. The van der Waals surface area contributed by atoms with Crippen LogP contribution in [0.4, 0.5) is 5.69 Å². The van der Waals surface area contributed by atoms with Crippen molar-refractivity contribution in [2.75, 3.05) is 18.4 Å². The molecule has 2 fully saturated rings. The summed E-state index contributed by atoms with van der Waals surface area (Å²) in [4.78, 5) is 39.3. The van der Waals surface area contributed by atoms with E-state index >= 15 is 0 Å². The molecule has 1 aliphatic carbocycles. The van der Waals surface area contributed by atoms with E-state index in [0.29, 0.717) is 23.7 Å². The summed E-state index contributed by atoms with van der Waals surface area (Å²) in [6.07, 6.45) is 3.49. The molecule has 1 heterocycles. The van der Waals surface area contributed by atoms with Gasteiger partial charge in [-0.3, -0.25) is 14.4 Å². The predicted molar refractivity (Wildman–Crippen MR) is 124 cm³/mol. The lowest BCUT2D eigenvalue weighted by atomic mass is 9.95. The van der Waals surface area contributed by atoms with Crippen molar-refractivity contribution in [2.45, 2.75) is 38.6 Å². The quantitative estimate of drug-likeness (QED) is 0.679. The lowest BCUT2D eigenvalue weighted by molar-refractivity contribution is -0.127. The first-order chi connectivity index (χ1) is 15.4. The first kappa shape index (κ1) is 22.3. The zero-order valence-electron chi connectivity index (χ0n) is 18.1. The number of carbonyl (C=O) groups is 3. The van der Waals surface area contributed by atoms with Gasteiger partial charge in [-0.1, -0.05) is 23.7 Å². The van der Waals surface area contributed by atoms with Crippen LogP contribution in [0, 0.1) is 11.8 Å². The van der Waals surface area contributed by atoms with Crippen molar-refractivity contribution in [2.24, 2.45) is 11.8 Å². The lowest BCUT2D eigenvalue weighted by Gasteiger charge is -2.32. The van der Waals surface area contributed by atoms with Gasteiger partial charge in [-0.05, 0) is 74.6 Å². The van der Waals surface area contributed by atoms with Gasteiger partial charge < -0.3 is 15.5 Å². The molecular weight excluding hydrogens is 426 g/mol. The van der Waals surface area contributed by atoms with Crippen molar-refractivity contribution in [1.29, 1.82) is 0 Å². The number of anilines is 1. The Morgan fingerprint density at radius 1 is 0.938 bits per heavy atom. The van der Waals surface area contributed by atoms with Crippen LogP contribution < -0.4 is 10.6 Å². The van der Waals surface area contributed by atoms with E-state index in [1.54, 1.807) is 29.2 Å². The van der Waals surface area contributed by atoms with Gasteiger partial charge in [0.15, 0.2) is 0 Å². The second kappa shape index (κ2) is 9.74. The van der Waals surface area contributed by atoms with Crippen LogP contribution in [-0.2, 0) is 9.59 Å². The molecule has 2 unspecified atom stereocenters. The number of amides is 3. The van der Waals surface area contributed by atoms with E-state index in [-0.39, 0.29) is 35.6 Å². The topological polar surface area (TPSA) is 78.5 Å². The van der Waals surface area contributed by atoms with Crippen LogP contribution in [0.2, 0.25) is 5.02 Å². The van der Waals surface area contributed by atoms with Crippen molar-refractivity contribution in [1.82, 2.24) is 10.2 Å². The molecule has 3 amide bonds. The number of nitrogens with one attached hydrogen (secondary N) is 2. The van der Waals surface area contributed by atoms with Crippen LogP contribution in [0.25, 0.3) is 0 Å². The summed E-state index contributed by atoms with van der Waals surface area (Å²) in [6.45, 7) is 3.00. The van der Waals surface area contributed by atoms with Gasteiger partial charge >= 0.3 is 0 Å². The van der Waals surface area contributed by atoms with Gasteiger partial charge in [0.25, 0.3) is 5.91 Å². The Kier molecular flexibility index (Phi) is 6.80. The maximum atomic E-state index is 12.9. The van der Waals surface area contributed by atoms with Crippen molar-refractivity contribution >= 4 is 35.0 Å². The first-order valence-electron chi connectivity index (χ1n) is 11.2. The molecule has 6 nitrogen and oxygen atoms in total. The van der Waals surface area contributed by atoms with E-state index in [2.05, 4.69) is 10.6 Å². The van der Waals surface area contributed by atoms with Crippen LogP contribution in [-0.4, -0.2) is 35.7 Å². The Hall–Kier alpha value is -2.86. The summed E-state index contributed by atoms with van der Waals surface area (Å²) < 4.78 is 0. The minimum Gasteiger partial charge on any atom is -0.349 e. The number of likely N-dealkylation sites (tertiary alicyclic amines) is 1. The van der Waals surface area contributed by atoms with Crippen LogP contribution in [0.3, 0.4) is 0 Å². The highest BCUT2D eigenvalue weighted by molar-refractivity contribution is 6.30. The zero-order chi connectivity index (χ0) is 22.7. The first-order valence-corrected chi connectivity index (χ1v) is 11.5. The van der Waals surface area contributed by atoms with Gasteiger partial charge in [-0.15, -0.1) is 0 Å². The summed E-state index contributed by atoms with van der Waals surface area (Å²) in [5, 5.41) is 6.59. The number of nitrogens with zero attached hydrogens (tertiary/aromatic N) is 1. The molecule has 2 aliphatic rings. The van der Waals surface area contributed by atoms with Gasteiger partial charge in [0.1, 0.15) is 0 Å². The average Bonchev–Trinajstić information content (AvgIpc) is 3.65. The average molecular weight is 454 g/mol. The number of benzene rings is 2. The number of halogens is 1. The maximum Gasteiger partial charge on any atom is 0.253 e. The Morgan fingerprint density at radius 3 is 2.28 bits per heavy atom. The summed E-state index contributed by atoms with van der Waals surface area (Å²) >= 11 is 5.92. The van der Waals surface area contributed by atoms with E-state index < -0.39 is 0 Å². The Bertz CT molecular complexity index is 986. The molecule has 0 aromatic heterocycles. The highest BCUT2D eigenvalue weighted by Gasteiger charge is 2.30. The highest BCUT2D eigenvalue weighted by atomic mass is 35.5. The fourth-order valence-electron chi connectivity index (χ4n) is 4.01. The van der Waals surface area contributed by atoms with Gasteiger partial charge in [0.05, 0.1) is 12.0 Å². The molecule has 4 rings (SSSR count). The molecule has 0 radical (unpaired) electrons. The normalized spacial score (nSPS) is 19.2. The molecule has 32 heavy (non-hydrogen) atoms. The second-order valence-corrected chi connectivity index (χ2v) is 9.15. The molecule has 1 saturated carbocycles. The standard InChI is InChI=1S/C25H28ClN3O3/c1-16(17-8-12-22(13-9-17)28-23(30)18-4-5-18)27-24(31)20-3-2-14-29(15-20)25(32)19-6-10-21(26)11-7-19/h6-13,16,18,20H,2-5,14-15H2,1H3,(H,27,31)(H,28,30). The Labute approximate surface area is 193 Å². The molecular formula is C25H28ClN3O3. The van der Waals surface area contributed by atoms with E-state index in [1.807, 2.05) is 31.2 Å². The van der Waals surface area contributed by atoms with Crippen molar-refractivity contribution < 1.29 is 14.4 Å². The molecule has 1 aliphatic heterocycles. The summed E-state index contributed by atoms with van der Waals surface area (Å²) in [5.74, 6) is -0.114. The molecule has 1 saturated heterocycles. The van der Waals surface area contributed by atoms with Gasteiger partial charge in [-0.25, -0.2) is 0 Å². The van der Waals surface area contributed by atoms with Crippen molar-refractivity contribution in [3.05, 3.63) is 64.7 Å².